The van der Waals surface area contributed by atoms with Crippen LogP contribution in [0.4, 0.5) is 0 Å². The molecule has 0 spiro atoms. The van der Waals surface area contributed by atoms with Gasteiger partial charge in [0, 0.05) is 12.3 Å². The molecule has 0 rings (SSSR count). The molecule has 0 aliphatic heterocycles. The average molecular weight is 493 g/mol. The number of thiol groups is 1. The van der Waals surface area contributed by atoms with Gasteiger partial charge in [-0.25, -0.2) is 4.79 Å². The Kier molecular flexibility index (Phi) is 13.5. The highest BCUT2D eigenvalue weighted by molar-refractivity contribution is 7.80. The Hall–Kier alpha value is -3.11. The van der Waals surface area contributed by atoms with Crippen LogP contribution in [0, 0.1) is 0 Å². The van der Waals surface area contributed by atoms with Crippen LogP contribution in [0.5, 0.6) is 0 Å². The number of hydrogen-bond donors (Lipinski definition) is 10. The van der Waals surface area contributed by atoms with Crippen LogP contribution in [-0.4, -0.2) is 88.3 Å². The Balaban J connectivity index is 5.21. The van der Waals surface area contributed by atoms with E-state index in [1.54, 1.807) is 0 Å². The highest BCUT2D eigenvalue weighted by Crippen LogP contribution is 2.02. The summed E-state index contributed by atoms with van der Waals surface area (Å²) in [6.07, 6.45) is -1.60. The third-order valence-electron chi connectivity index (χ3n) is 4.24. The third-order valence-corrected chi connectivity index (χ3v) is 4.60. The van der Waals surface area contributed by atoms with Gasteiger partial charge in [-0.3, -0.25) is 24.2 Å². The number of carbonyl (C=O) groups excluding carboxylic acids is 4. The van der Waals surface area contributed by atoms with Crippen molar-refractivity contribution in [2.45, 2.75) is 56.5 Å². The van der Waals surface area contributed by atoms with E-state index in [-0.39, 0.29) is 31.1 Å². The Morgan fingerprint density at radius 1 is 0.939 bits per heavy atom. The lowest BCUT2D eigenvalue weighted by Crippen LogP contribution is -2.59. The number of hydrogen-bond acceptors (Lipinski definition) is 9. The number of nitrogens with two attached hydrogens (primary N) is 4. The molecule has 13 N–H and O–H groups in total. The summed E-state index contributed by atoms with van der Waals surface area (Å²) in [5.74, 6) is -5.39. The van der Waals surface area contributed by atoms with Crippen molar-refractivity contribution in [2.75, 3.05) is 12.3 Å². The van der Waals surface area contributed by atoms with Crippen LogP contribution in [-0.2, 0) is 24.0 Å². The van der Waals surface area contributed by atoms with E-state index in [4.69, 9.17) is 22.9 Å². The summed E-state index contributed by atoms with van der Waals surface area (Å²) in [5, 5.41) is 25.4. The van der Waals surface area contributed by atoms with Gasteiger partial charge in [0.05, 0.1) is 12.5 Å². The number of aliphatic hydroxyl groups excluding tert-OH is 1. The highest BCUT2D eigenvalue weighted by atomic mass is 32.1. The molecule has 0 aliphatic rings. The van der Waals surface area contributed by atoms with E-state index in [1.807, 2.05) is 0 Å². The van der Waals surface area contributed by atoms with Crippen molar-refractivity contribution in [3.63, 3.8) is 0 Å². The molecule has 0 aromatic rings. The fourth-order valence-corrected chi connectivity index (χ4v) is 2.65. The Bertz CT molecular complexity index is 745. The lowest BCUT2D eigenvalue weighted by molar-refractivity contribution is -0.142. The number of amides is 4. The number of carboxylic acid groups (broad SMARTS) is 1. The van der Waals surface area contributed by atoms with E-state index in [1.165, 1.54) is 6.92 Å². The van der Waals surface area contributed by atoms with Crippen molar-refractivity contribution < 1.29 is 34.2 Å². The van der Waals surface area contributed by atoms with Crippen LogP contribution in [0.2, 0.25) is 0 Å². The normalized spacial score (nSPS) is 15.2. The highest BCUT2D eigenvalue weighted by Gasteiger charge is 2.31. The zero-order chi connectivity index (χ0) is 25.7. The van der Waals surface area contributed by atoms with Crippen LogP contribution >= 0.6 is 12.6 Å². The Morgan fingerprint density at radius 3 is 1.91 bits per heavy atom. The zero-order valence-corrected chi connectivity index (χ0v) is 19.0. The van der Waals surface area contributed by atoms with Gasteiger partial charge in [-0.2, -0.15) is 12.6 Å². The van der Waals surface area contributed by atoms with Gasteiger partial charge in [-0.1, -0.05) is 0 Å². The minimum absolute atomic E-state index is 0.00266. The summed E-state index contributed by atoms with van der Waals surface area (Å²) >= 11 is 3.98. The molecule has 4 amide bonds. The molecule has 0 heterocycles. The van der Waals surface area contributed by atoms with Gasteiger partial charge >= 0.3 is 5.97 Å². The number of nitrogens with zero attached hydrogens (tertiary/aromatic N) is 1. The van der Waals surface area contributed by atoms with E-state index < -0.39 is 66.3 Å². The maximum atomic E-state index is 12.6. The predicted molar refractivity (Wildman–Crippen MR) is 121 cm³/mol. The predicted octanol–water partition coefficient (Wildman–Crippen LogP) is -4.91. The van der Waals surface area contributed by atoms with Gasteiger partial charge in [-0.05, 0) is 19.8 Å². The number of primary amides is 1. The van der Waals surface area contributed by atoms with Crippen molar-refractivity contribution in [3.8, 4) is 0 Å². The van der Waals surface area contributed by atoms with Gasteiger partial charge in [0.2, 0.25) is 23.6 Å². The van der Waals surface area contributed by atoms with Gasteiger partial charge < -0.3 is 49.1 Å². The maximum Gasteiger partial charge on any atom is 0.326 e. The first-order valence-electron chi connectivity index (χ1n) is 9.82. The molecule has 16 heteroatoms. The molecule has 0 aliphatic carbocycles. The zero-order valence-electron chi connectivity index (χ0n) is 18.1. The summed E-state index contributed by atoms with van der Waals surface area (Å²) in [6.45, 7) is 1.41. The number of carbonyl (C=O) groups is 5. The molecule has 0 aromatic carbocycles. The number of rotatable bonds is 15. The van der Waals surface area contributed by atoms with Gasteiger partial charge in [0.25, 0.3) is 0 Å². The van der Waals surface area contributed by atoms with Crippen molar-refractivity contribution in [1.29, 1.82) is 0 Å². The van der Waals surface area contributed by atoms with Gasteiger partial charge in [0.15, 0.2) is 5.96 Å². The van der Waals surface area contributed by atoms with Gasteiger partial charge in [0.1, 0.15) is 24.2 Å². The lowest BCUT2D eigenvalue weighted by Gasteiger charge is -2.24. The second-order valence-corrected chi connectivity index (χ2v) is 7.46. The number of aliphatic imine (C=N–C) groups is 1. The molecule has 0 saturated heterocycles. The molecule has 0 bridgehead atoms. The number of aliphatic hydroxyl groups is 1. The number of nitrogens with one attached hydrogen (secondary N) is 3. The fourth-order valence-electron chi connectivity index (χ4n) is 2.40. The second-order valence-electron chi connectivity index (χ2n) is 7.09. The maximum absolute atomic E-state index is 12.6. The number of carboxylic acids is 1. The van der Waals surface area contributed by atoms with Crippen LogP contribution in [0.1, 0.15) is 26.2 Å². The topological polar surface area (TPSA) is 278 Å². The van der Waals surface area contributed by atoms with E-state index >= 15 is 0 Å². The van der Waals surface area contributed by atoms with Crippen LogP contribution in [0.25, 0.3) is 0 Å². The van der Waals surface area contributed by atoms with E-state index in [0.717, 1.165) is 0 Å². The summed E-state index contributed by atoms with van der Waals surface area (Å²) < 4.78 is 0. The summed E-state index contributed by atoms with van der Waals surface area (Å²) in [5.41, 5.74) is 21.0. The van der Waals surface area contributed by atoms with Crippen LogP contribution in [0.3, 0.4) is 0 Å². The lowest BCUT2D eigenvalue weighted by atomic mass is 10.1. The molecular formula is C17H32N8O7S. The molecule has 0 saturated carbocycles. The van der Waals surface area contributed by atoms with Crippen molar-refractivity contribution in [1.82, 2.24) is 16.0 Å². The minimum Gasteiger partial charge on any atom is -0.480 e. The summed E-state index contributed by atoms with van der Waals surface area (Å²) in [6, 6.07) is -5.48. The Morgan fingerprint density at radius 2 is 1.45 bits per heavy atom. The van der Waals surface area contributed by atoms with E-state index in [9.17, 15) is 34.2 Å². The minimum atomic E-state index is -1.50. The number of guanidine groups is 1. The van der Waals surface area contributed by atoms with E-state index in [2.05, 4.69) is 33.6 Å². The quantitative estimate of drug-likeness (QED) is 0.0450. The second kappa shape index (κ2) is 14.9. The summed E-state index contributed by atoms with van der Waals surface area (Å²) in [4.78, 5) is 63.6. The molecule has 5 unspecified atom stereocenters. The Labute approximate surface area is 195 Å². The number of aliphatic carboxylic acids is 1. The first-order valence-corrected chi connectivity index (χ1v) is 10.5. The molecule has 0 radical (unpaired) electrons. The van der Waals surface area contributed by atoms with Crippen LogP contribution in [0.15, 0.2) is 4.99 Å². The third kappa shape index (κ3) is 11.9. The fraction of sp³-hybridized carbons (Fsp3) is 0.647. The molecule has 0 aromatic heterocycles. The smallest absolute Gasteiger partial charge is 0.326 e. The first-order chi connectivity index (χ1) is 15.3. The van der Waals surface area contributed by atoms with Crippen LogP contribution < -0.4 is 38.9 Å². The SMILES string of the molecule is CC(O)C(N)C(=O)NC(CC(N)=O)C(=O)NC(CS)C(=O)NC(CCCN=C(N)N)C(=O)O. The average Bonchev–Trinajstić information content (AvgIpc) is 2.71. The molecule has 15 nitrogen and oxygen atoms in total. The van der Waals surface area contributed by atoms with Gasteiger partial charge in [-0.15, -0.1) is 0 Å². The van der Waals surface area contributed by atoms with Crippen molar-refractivity contribution in [2.24, 2.45) is 27.9 Å². The van der Waals surface area contributed by atoms with E-state index in [0.29, 0.717) is 0 Å². The molecular weight excluding hydrogens is 460 g/mol. The molecule has 33 heavy (non-hydrogen) atoms. The molecule has 5 atom stereocenters. The molecule has 0 fully saturated rings. The van der Waals surface area contributed by atoms with Crippen molar-refractivity contribution >= 4 is 48.2 Å². The largest absolute Gasteiger partial charge is 0.480 e. The monoisotopic (exact) mass is 492 g/mol. The summed E-state index contributed by atoms with van der Waals surface area (Å²) in [7, 11) is 0. The molecule has 188 valence electrons. The van der Waals surface area contributed by atoms with Crippen molar-refractivity contribution in [3.05, 3.63) is 0 Å². The standard InChI is InChI=1S/C17H32N8O7S/c1-7(26)12(19)15(30)24-9(5-11(18)27)13(28)25-10(6-33)14(29)23-8(16(31)32)3-2-4-22-17(20)21/h7-10,12,26,33H,2-6,19H2,1H3,(H2,18,27)(H,23,29)(H,24,30)(H,25,28)(H,31,32)(H4,20,21,22). The first kappa shape index (κ1) is 29.9.